The summed E-state index contributed by atoms with van der Waals surface area (Å²) in [6.07, 6.45) is 0.674. The number of imidazole rings is 1. The van der Waals surface area contributed by atoms with Gasteiger partial charge >= 0.3 is 5.69 Å². The van der Waals surface area contributed by atoms with Gasteiger partial charge in [-0.05, 0) is 36.2 Å². The maximum atomic E-state index is 12.6. The lowest BCUT2D eigenvalue weighted by molar-refractivity contribution is 0.102. The lowest BCUT2D eigenvalue weighted by Gasteiger charge is -2.09. The molecule has 4 aromatic rings. The zero-order chi connectivity index (χ0) is 22.0. The number of thioether (sulfide) groups is 1. The summed E-state index contributed by atoms with van der Waals surface area (Å²) in [5.74, 6) is 0.0634. The molecule has 31 heavy (non-hydrogen) atoms. The van der Waals surface area contributed by atoms with Crippen molar-refractivity contribution in [3.05, 3.63) is 91.6 Å². The molecule has 9 heteroatoms. The Kier molecular flexibility index (Phi) is 6.11. The lowest BCUT2D eigenvalue weighted by atomic mass is 10.1. The number of hydrogen-bond acceptors (Lipinski definition) is 5. The number of aryl methyl sites for hydroxylation is 3. The van der Waals surface area contributed by atoms with E-state index in [2.05, 4.69) is 9.97 Å². The minimum absolute atomic E-state index is 0.0777. The Morgan fingerprint density at radius 1 is 1.10 bits per heavy atom. The van der Waals surface area contributed by atoms with Gasteiger partial charge in [0.1, 0.15) is 0 Å². The van der Waals surface area contributed by atoms with Gasteiger partial charge in [0.15, 0.2) is 22.1 Å². The van der Waals surface area contributed by atoms with Gasteiger partial charge in [0.2, 0.25) is 0 Å². The van der Waals surface area contributed by atoms with E-state index in [-0.39, 0.29) is 11.5 Å². The topological polar surface area (TPSA) is 89.8 Å². The third-order valence-corrected chi connectivity index (χ3v) is 6.17. The Hall–Kier alpha value is -3.10. The molecular weight excluding hydrogens is 436 g/mol. The van der Waals surface area contributed by atoms with Gasteiger partial charge < -0.3 is 4.57 Å². The molecule has 0 aliphatic heterocycles. The number of hydrogen-bond donors (Lipinski definition) is 1. The van der Waals surface area contributed by atoms with E-state index in [1.807, 2.05) is 30.3 Å². The summed E-state index contributed by atoms with van der Waals surface area (Å²) in [5.41, 5.74) is 1.25. The first-order valence-corrected chi connectivity index (χ1v) is 11.0. The van der Waals surface area contributed by atoms with Gasteiger partial charge in [0.25, 0.3) is 5.56 Å². The maximum Gasteiger partial charge on any atom is 0.329 e. The van der Waals surface area contributed by atoms with E-state index in [4.69, 9.17) is 11.6 Å². The molecule has 7 nitrogen and oxygen atoms in total. The first-order valence-electron chi connectivity index (χ1n) is 9.59. The van der Waals surface area contributed by atoms with Crippen LogP contribution < -0.4 is 11.2 Å². The molecule has 0 unspecified atom stereocenters. The van der Waals surface area contributed by atoms with Crippen LogP contribution in [0.4, 0.5) is 0 Å². The minimum Gasteiger partial charge on any atom is -0.313 e. The van der Waals surface area contributed by atoms with Crippen LogP contribution in [0.15, 0.2) is 69.3 Å². The summed E-state index contributed by atoms with van der Waals surface area (Å²) in [6.45, 7) is 0.485. The van der Waals surface area contributed by atoms with Crippen molar-refractivity contribution in [3.8, 4) is 0 Å². The van der Waals surface area contributed by atoms with E-state index >= 15 is 0 Å². The lowest BCUT2D eigenvalue weighted by Crippen LogP contribution is -2.29. The number of ketones is 1. The smallest absolute Gasteiger partial charge is 0.313 e. The van der Waals surface area contributed by atoms with Gasteiger partial charge in [-0.25, -0.2) is 9.78 Å². The molecular formula is C22H19ClN4O3S. The predicted octanol–water partition coefficient (Wildman–Crippen LogP) is 3.29. The molecule has 0 saturated carbocycles. The molecule has 0 aliphatic rings. The molecule has 4 rings (SSSR count). The number of aromatic nitrogens is 4. The Bertz CT molecular complexity index is 1360. The summed E-state index contributed by atoms with van der Waals surface area (Å²) < 4.78 is 3.08. The van der Waals surface area contributed by atoms with Crippen LogP contribution in [0.5, 0.6) is 0 Å². The molecule has 0 fully saturated rings. The van der Waals surface area contributed by atoms with Crippen LogP contribution in [0, 0.1) is 0 Å². The van der Waals surface area contributed by atoms with E-state index in [1.165, 1.54) is 16.3 Å². The zero-order valence-electron chi connectivity index (χ0n) is 16.7. The van der Waals surface area contributed by atoms with Crippen molar-refractivity contribution in [2.75, 3.05) is 5.75 Å². The fraction of sp³-hybridized carbons (Fsp3) is 0.182. The monoisotopic (exact) mass is 454 g/mol. The molecule has 0 spiro atoms. The Balaban J connectivity index is 1.67. The van der Waals surface area contributed by atoms with E-state index in [9.17, 15) is 14.4 Å². The van der Waals surface area contributed by atoms with E-state index < -0.39 is 11.2 Å². The fourth-order valence-corrected chi connectivity index (χ4v) is 4.31. The summed E-state index contributed by atoms with van der Waals surface area (Å²) >= 11 is 7.13. The molecule has 0 saturated heterocycles. The fourth-order valence-electron chi connectivity index (χ4n) is 3.27. The van der Waals surface area contributed by atoms with Crippen LogP contribution >= 0.6 is 23.4 Å². The number of nitrogens with one attached hydrogen (secondary N) is 1. The Morgan fingerprint density at radius 3 is 2.52 bits per heavy atom. The highest BCUT2D eigenvalue weighted by Gasteiger charge is 2.19. The Labute approximate surface area is 186 Å². The first kappa shape index (κ1) is 21.1. The van der Waals surface area contributed by atoms with Crippen molar-refractivity contribution in [1.29, 1.82) is 0 Å². The number of nitrogens with zero attached hydrogens (tertiary/aromatic N) is 3. The van der Waals surface area contributed by atoms with Crippen LogP contribution in [0.3, 0.4) is 0 Å². The third kappa shape index (κ3) is 4.50. The van der Waals surface area contributed by atoms with Gasteiger partial charge in [0, 0.05) is 24.2 Å². The van der Waals surface area contributed by atoms with Crippen LogP contribution in [-0.2, 0) is 20.0 Å². The second kappa shape index (κ2) is 8.95. The van der Waals surface area contributed by atoms with Crippen molar-refractivity contribution in [2.24, 2.45) is 7.05 Å². The molecule has 2 aromatic heterocycles. The van der Waals surface area contributed by atoms with Crippen LogP contribution in [0.2, 0.25) is 5.02 Å². The van der Waals surface area contributed by atoms with Gasteiger partial charge in [0.05, 0.1) is 5.75 Å². The second-order valence-corrected chi connectivity index (χ2v) is 8.37. The normalized spacial score (nSPS) is 11.2. The number of rotatable bonds is 7. The number of fused-ring (bicyclic) bond motifs is 1. The summed E-state index contributed by atoms with van der Waals surface area (Å²) in [5, 5.41) is 1.08. The number of Topliss-reactive ketones (excluding diaryl/α,β-unsaturated/α-hetero) is 1. The molecule has 158 valence electrons. The Morgan fingerprint density at radius 2 is 1.81 bits per heavy atom. The first-order chi connectivity index (χ1) is 14.9. The number of benzene rings is 2. The van der Waals surface area contributed by atoms with Crippen molar-refractivity contribution < 1.29 is 4.79 Å². The standard InChI is InChI=1S/C22H19ClN4O3S/c1-26-19-18(20(29)25-21(26)30)27(12-11-14-5-3-2-4-6-14)22(24-19)31-13-17(28)15-7-9-16(23)10-8-15/h2-10H,11-13H2,1H3,(H,25,29,30). The van der Waals surface area contributed by atoms with E-state index in [0.29, 0.717) is 39.9 Å². The zero-order valence-corrected chi connectivity index (χ0v) is 18.2. The summed E-state index contributed by atoms with van der Waals surface area (Å²) in [6, 6.07) is 16.6. The number of H-pyrrole nitrogens is 1. The number of aromatic amines is 1. The van der Waals surface area contributed by atoms with Crippen LogP contribution in [-0.4, -0.2) is 30.6 Å². The number of carbonyl (C=O) groups excluding carboxylic acids is 1. The van der Waals surface area contributed by atoms with Gasteiger partial charge in [-0.1, -0.05) is 53.7 Å². The highest BCUT2D eigenvalue weighted by atomic mass is 35.5. The summed E-state index contributed by atoms with van der Waals surface area (Å²) in [4.78, 5) is 44.0. The maximum absolute atomic E-state index is 12.6. The van der Waals surface area contributed by atoms with Gasteiger partial charge in [-0.3, -0.25) is 19.1 Å². The highest BCUT2D eigenvalue weighted by Crippen LogP contribution is 2.23. The molecule has 2 heterocycles. The van der Waals surface area contributed by atoms with Gasteiger partial charge in [-0.15, -0.1) is 0 Å². The van der Waals surface area contributed by atoms with Crippen molar-refractivity contribution >= 4 is 40.3 Å². The minimum atomic E-state index is -0.529. The highest BCUT2D eigenvalue weighted by molar-refractivity contribution is 7.99. The van der Waals surface area contributed by atoms with Crippen molar-refractivity contribution in [2.45, 2.75) is 18.1 Å². The average Bonchev–Trinajstić information content (AvgIpc) is 3.15. The quantitative estimate of drug-likeness (QED) is 0.342. The molecule has 2 aromatic carbocycles. The van der Waals surface area contributed by atoms with E-state index in [0.717, 1.165) is 5.56 Å². The number of halogens is 1. The van der Waals surface area contributed by atoms with E-state index in [1.54, 1.807) is 35.9 Å². The van der Waals surface area contributed by atoms with Crippen LogP contribution in [0.1, 0.15) is 15.9 Å². The van der Waals surface area contributed by atoms with Gasteiger partial charge in [-0.2, -0.15) is 0 Å². The molecule has 0 amide bonds. The predicted molar refractivity (Wildman–Crippen MR) is 122 cm³/mol. The molecule has 0 atom stereocenters. The molecule has 0 aliphatic carbocycles. The van der Waals surface area contributed by atoms with Crippen molar-refractivity contribution in [3.63, 3.8) is 0 Å². The second-order valence-electron chi connectivity index (χ2n) is 6.99. The molecule has 1 N–H and O–H groups in total. The third-order valence-electron chi connectivity index (χ3n) is 4.94. The largest absolute Gasteiger partial charge is 0.329 e. The van der Waals surface area contributed by atoms with Crippen molar-refractivity contribution in [1.82, 2.24) is 19.1 Å². The SMILES string of the molecule is Cn1c(=O)[nH]c(=O)c2c1nc(SCC(=O)c1ccc(Cl)cc1)n2CCc1ccccc1. The summed E-state index contributed by atoms with van der Waals surface area (Å²) in [7, 11) is 1.56. The average molecular weight is 455 g/mol. The van der Waals surface area contributed by atoms with Crippen LogP contribution in [0.25, 0.3) is 11.2 Å². The number of carbonyl (C=O) groups is 1. The molecule has 0 radical (unpaired) electrons. The molecule has 0 bridgehead atoms.